The summed E-state index contributed by atoms with van der Waals surface area (Å²) in [7, 11) is 6.42. The molecule has 2 atom stereocenters. The first-order valence-corrected chi connectivity index (χ1v) is 10.1. The zero-order valence-electron chi connectivity index (χ0n) is 18.4. The fourth-order valence-corrected chi connectivity index (χ4v) is 4.38. The number of ketones is 1. The first-order chi connectivity index (χ1) is 15.0. The number of methoxy groups -OCH3 is 4. The van der Waals surface area contributed by atoms with Gasteiger partial charge in [-0.1, -0.05) is 29.8 Å². The number of carbonyl (C=O) groups excluding carboxylic acids is 1. The van der Waals surface area contributed by atoms with Crippen molar-refractivity contribution in [3.05, 3.63) is 82.4 Å². The third-order valence-electron chi connectivity index (χ3n) is 5.93. The summed E-state index contributed by atoms with van der Waals surface area (Å²) in [6.45, 7) is 2.05. The lowest BCUT2D eigenvalue weighted by Crippen LogP contribution is -2.13. The van der Waals surface area contributed by atoms with Crippen LogP contribution in [0.15, 0.2) is 54.6 Å². The normalized spacial score (nSPS) is 17.3. The number of aryl methyl sites for hydroxylation is 1. The molecule has 0 bridgehead atoms. The Morgan fingerprint density at radius 3 is 1.77 bits per heavy atom. The van der Waals surface area contributed by atoms with E-state index < -0.39 is 5.92 Å². The van der Waals surface area contributed by atoms with Gasteiger partial charge < -0.3 is 18.9 Å². The van der Waals surface area contributed by atoms with E-state index in [0.29, 0.717) is 28.6 Å². The number of fused-ring (bicyclic) bond motifs is 1. The molecule has 0 amide bonds. The van der Waals surface area contributed by atoms with E-state index in [2.05, 4.69) is 24.3 Å². The molecule has 5 heteroatoms. The molecule has 0 saturated carbocycles. The van der Waals surface area contributed by atoms with Crippen LogP contribution in [0.3, 0.4) is 0 Å². The zero-order valence-corrected chi connectivity index (χ0v) is 18.4. The van der Waals surface area contributed by atoms with Crippen molar-refractivity contribution < 1.29 is 23.7 Å². The molecule has 160 valence electrons. The summed E-state index contributed by atoms with van der Waals surface area (Å²) in [5.74, 6) is 1.90. The molecule has 0 unspecified atom stereocenters. The molecule has 0 aliphatic heterocycles. The van der Waals surface area contributed by atoms with Crippen molar-refractivity contribution in [3.8, 4) is 23.0 Å². The monoisotopic (exact) mass is 418 g/mol. The van der Waals surface area contributed by atoms with Crippen molar-refractivity contribution in [1.82, 2.24) is 0 Å². The number of carbonyl (C=O) groups is 1. The van der Waals surface area contributed by atoms with Gasteiger partial charge in [-0.3, -0.25) is 4.79 Å². The summed E-state index contributed by atoms with van der Waals surface area (Å²) in [5.41, 5.74) is 4.55. The van der Waals surface area contributed by atoms with Crippen LogP contribution in [0.5, 0.6) is 23.0 Å². The summed E-state index contributed by atoms with van der Waals surface area (Å²) in [4.78, 5) is 13.8. The maximum absolute atomic E-state index is 13.8. The van der Waals surface area contributed by atoms with Gasteiger partial charge in [0.1, 0.15) is 23.0 Å². The van der Waals surface area contributed by atoms with Crippen LogP contribution < -0.4 is 18.9 Å². The van der Waals surface area contributed by atoms with E-state index in [-0.39, 0.29) is 11.7 Å². The van der Waals surface area contributed by atoms with Gasteiger partial charge in [-0.25, -0.2) is 0 Å². The van der Waals surface area contributed by atoms with Crippen LogP contribution in [0.4, 0.5) is 0 Å². The van der Waals surface area contributed by atoms with Crippen LogP contribution in [0.2, 0.25) is 0 Å². The van der Waals surface area contributed by atoms with Crippen molar-refractivity contribution >= 4 is 5.78 Å². The van der Waals surface area contributed by atoms with Gasteiger partial charge in [0.2, 0.25) is 0 Å². The second-order valence-electron chi connectivity index (χ2n) is 7.67. The molecule has 3 aromatic carbocycles. The van der Waals surface area contributed by atoms with E-state index in [4.69, 9.17) is 18.9 Å². The lowest BCUT2D eigenvalue weighted by molar-refractivity contribution is 0.0968. The molecule has 4 rings (SSSR count). The largest absolute Gasteiger partial charge is 0.497 e. The van der Waals surface area contributed by atoms with E-state index in [9.17, 15) is 4.79 Å². The van der Waals surface area contributed by atoms with Crippen molar-refractivity contribution in [2.45, 2.75) is 18.8 Å². The summed E-state index contributed by atoms with van der Waals surface area (Å²) in [6.07, 6.45) is 0. The highest BCUT2D eigenvalue weighted by molar-refractivity contribution is 6.08. The Balaban J connectivity index is 1.98. The van der Waals surface area contributed by atoms with Gasteiger partial charge in [-0.15, -0.1) is 0 Å². The fraction of sp³-hybridized carbons (Fsp3) is 0.269. The Kier molecular flexibility index (Phi) is 5.59. The molecule has 0 N–H and O–H groups in total. The second-order valence-corrected chi connectivity index (χ2v) is 7.67. The highest BCUT2D eigenvalue weighted by Gasteiger charge is 2.44. The Hall–Kier alpha value is -3.47. The minimum atomic E-state index is -0.442. The molecule has 1 aliphatic carbocycles. The molecule has 31 heavy (non-hydrogen) atoms. The molecular weight excluding hydrogens is 392 g/mol. The third kappa shape index (κ3) is 3.61. The molecule has 5 nitrogen and oxygen atoms in total. The number of rotatable bonds is 6. The van der Waals surface area contributed by atoms with Crippen molar-refractivity contribution in [1.29, 1.82) is 0 Å². The maximum Gasteiger partial charge on any atom is 0.171 e. The average Bonchev–Trinajstić information content (AvgIpc) is 3.10. The van der Waals surface area contributed by atoms with E-state index in [1.165, 1.54) is 0 Å². The smallest absolute Gasteiger partial charge is 0.171 e. The first kappa shape index (κ1) is 20.8. The van der Waals surface area contributed by atoms with E-state index >= 15 is 0 Å². The molecule has 0 fully saturated rings. The van der Waals surface area contributed by atoms with Crippen molar-refractivity contribution in [2.24, 2.45) is 0 Å². The number of Topliss-reactive ketones (excluding diaryl/α,β-unsaturated/α-hetero) is 1. The predicted octanol–water partition coefficient (Wildman–Crippen LogP) is 5.14. The van der Waals surface area contributed by atoms with Gasteiger partial charge in [-0.2, -0.15) is 0 Å². The molecule has 0 heterocycles. The summed E-state index contributed by atoms with van der Waals surface area (Å²) in [5, 5.41) is 0. The first-order valence-electron chi connectivity index (χ1n) is 10.1. The zero-order chi connectivity index (χ0) is 22.1. The van der Waals surface area contributed by atoms with Crippen LogP contribution >= 0.6 is 0 Å². The summed E-state index contributed by atoms with van der Waals surface area (Å²) in [6, 6.07) is 17.5. The highest BCUT2D eigenvalue weighted by atomic mass is 16.5. The fourth-order valence-electron chi connectivity index (χ4n) is 4.38. The Morgan fingerprint density at radius 1 is 0.645 bits per heavy atom. The Morgan fingerprint density at radius 2 is 1.23 bits per heavy atom. The van der Waals surface area contributed by atoms with Crippen LogP contribution in [-0.4, -0.2) is 34.2 Å². The molecule has 0 radical (unpaired) electrons. The second kappa shape index (κ2) is 8.34. The number of hydrogen-bond acceptors (Lipinski definition) is 5. The van der Waals surface area contributed by atoms with Gasteiger partial charge in [0.05, 0.1) is 34.4 Å². The van der Waals surface area contributed by atoms with Gasteiger partial charge in [-0.05, 0) is 36.2 Å². The number of hydrogen-bond donors (Lipinski definition) is 0. The summed E-state index contributed by atoms with van der Waals surface area (Å²) < 4.78 is 22.1. The standard InChI is InChI=1S/C26H26O5/c1-15-6-8-16(9-7-15)23-24(17-10-18(28-2)12-19(11-17)29-3)26(27)21-13-20(30-4)14-22(31-5)25(21)23/h6-14,23-24H,1-5H3/t23-,24-/m0/s1. The molecular formula is C26H26O5. The highest BCUT2D eigenvalue weighted by Crippen LogP contribution is 2.53. The SMILES string of the molecule is COc1cc(OC)cc([C@@H]2C(=O)c3cc(OC)cc(OC)c3[C@H]2c2ccc(C)cc2)c1. The van der Waals surface area contributed by atoms with Gasteiger partial charge in [0, 0.05) is 29.2 Å². The van der Waals surface area contributed by atoms with Gasteiger partial charge >= 0.3 is 0 Å². The molecule has 0 aromatic heterocycles. The molecule has 0 spiro atoms. The van der Waals surface area contributed by atoms with Gasteiger partial charge in [0.25, 0.3) is 0 Å². The van der Waals surface area contributed by atoms with Gasteiger partial charge in [0.15, 0.2) is 5.78 Å². The predicted molar refractivity (Wildman–Crippen MR) is 119 cm³/mol. The van der Waals surface area contributed by atoms with E-state index in [1.807, 2.05) is 25.1 Å². The molecule has 1 aliphatic rings. The quantitative estimate of drug-likeness (QED) is 0.555. The maximum atomic E-state index is 13.8. The Bertz CT molecular complexity index is 1100. The third-order valence-corrected chi connectivity index (χ3v) is 5.93. The lowest BCUT2D eigenvalue weighted by atomic mass is 9.81. The van der Waals surface area contributed by atoms with Crippen molar-refractivity contribution in [2.75, 3.05) is 28.4 Å². The lowest BCUT2D eigenvalue weighted by Gasteiger charge is -2.23. The van der Waals surface area contributed by atoms with E-state index in [1.54, 1.807) is 40.6 Å². The van der Waals surface area contributed by atoms with Crippen molar-refractivity contribution in [3.63, 3.8) is 0 Å². The van der Waals surface area contributed by atoms with Crippen LogP contribution in [0.25, 0.3) is 0 Å². The average molecular weight is 418 g/mol. The Labute approximate surface area is 182 Å². The molecule has 0 saturated heterocycles. The number of ether oxygens (including phenoxy) is 4. The van der Waals surface area contributed by atoms with Crippen LogP contribution in [0, 0.1) is 6.92 Å². The van der Waals surface area contributed by atoms with E-state index in [0.717, 1.165) is 22.3 Å². The number of benzene rings is 3. The van der Waals surface area contributed by atoms with Crippen LogP contribution in [-0.2, 0) is 0 Å². The summed E-state index contributed by atoms with van der Waals surface area (Å²) >= 11 is 0. The van der Waals surface area contributed by atoms with Crippen LogP contribution in [0.1, 0.15) is 44.4 Å². The minimum absolute atomic E-state index is 0.0214. The minimum Gasteiger partial charge on any atom is -0.497 e. The molecule has 3 aromatic rings. The topological polar surface area (TPSA) is 54.0 Å².